The predicted molar refractivity (Wildman–Crippen MR) is 84.8 cm³/mol. The minimum atomic E-state index is 0.194. The summed E-state index contributed by atoms with van der Waals surface area (Å²) < 4.78 is 16.4. The number of ether oxygens (including phenoxy) is 2. The third kappa shape index (κ3) is 2.09. The van der Waals surface area contributed by atoms with E-state index < -0.39 is 0 Å². The number of rotatable bonds is 2. The van der Waals surface area contributed by atoms with Crippen molar-refractivity contribution in [3.05, 3.63) is 54.1 Å². The highest BCUT2D eigenvalue weighted by atomic mass is 16.7. The number of fused-ring (bicyclic) bond motifs is 1. The largest absolute Gasteiger partial charge is 0.454 e. The van der Waals surface area contributed by atoms with Crippen LogP contribution in [-0.4, -0.2) is 6.79 Å². The zero-order valence-electron chi connectivity index (χ0n) is 12.1. The van der Waals surface area contributed by atoms with Crippen molar-refractivity contribution in [3.8, 4) is 40.0 Å². The predicted octanol–water partition coefficient (Wildman–Crippen LogP) is 3.80. The summed E-state index contributed by atoms with van der Waals surface area (Å²) in [6.45, 7) is 0.194. The molecule has 2 N–H and O–H groups in total. The Balaban J connectivity index is 1.90. The highest BCUT2D eigenvalue weighted by Gasteiger charge is 2.23. The van der Waals surface area contributed by atoms with Gasteiger partial charge in [0.05, 0.1) is 5.56 Å². The van der Waals surface area contributed by atoms with E-state index in [0.29, 0.717) is 28.4 Å². The Morgan fingerprint density at radius 2 is 1.74 bits per heavy atom. The Kier molecular flexibility index (Phi) is 2.95. The van der Waals surface area contributed by atoms with Gasteiger partial charge in [-0.2, -0.15) is 5.26 Å². The second-order valence-corrected chi connectivity index (χ2v) is 5.09. The SMILES string of the molecule is N#Cc1c(-c2ccccc2)oc(N)c1-c1ccc2c(c1)OCO2. The summed E-state index contributed by atoms with van der Waals surface area (Å²) in [6.07, 6.45) is 0. The van der Waals surface area contributed by atoms with Crippen LogP contribution in [0.3, 0.4) is 0 Å². The van der Waals surface area contributed by atoms with Crippen LogP contribution in [0.1, 0.15) is 5.56 Å². The molecular formula is C18H12N2O3. The van der Waals surface area contributed by atoms with Gasteiger partial charge in [-0.1, -0.05) is 36.4 Å². The van der Waals surface area contributed by atoms with E-state index in [0.717, 1.165) is 11.1 Å². The minimum Gasteiger partial charge on any atom is -0.454 e. The second kappa shape index (κ2) is 5.11. The van der Waals surface area contributed by atoms with E-state index in [1.807, 2.05) is 36.4 Å². The van der Waals surface area contributed by atoms with Gasteiger partial charge in [0.1, 0.15) is 11.6 Å². The van der Waals surface area contributed by atoms with Gasteiger partial charge >= 0.3 is 0 Å². The molecule has 23 heavy (non-hydrogen) atoms. The molecule has 0 unspecified atom stereocenters. The molecule has 0 bridgehead atoms. The fourth-order valence-electron chi connectivity index (χ4n) is 2.69. The third-order valence-corrected chi connectivity index (χ3v) is 3.74. The van der Waals surface area contributed by atoms with Crippen molar-refractivity contribution in [1.82, 2.24) is 0 Å². The Bertz CT molecular complexity index is 923. The summed E-state index contributed by atoms with van der Waals surface area (Å²) in [6, 6.07) is 17.1. The molecule has 1 aromatic heterocycles. The number of nitrogens with zero attached hydrogens (tertiary/aromatic N) is 1. The van der Waals surface area contributed by atoms with Crippen molar-refractivity contribution in [1.29, 1.82) is 5.26 Å². The average Bonchev–Trinajstić information content (AvgIpc) is 3.18. The summed E-state index contributed by atoms with van der Waals surface area (Å²) in [4.78, 5) is 0. The number of nitrogens with two attached hydrogens (primary N) is 1. The van der Waals surface area contributed by atoms with Crippen LogP contribution in [0.2, 0.25) is 0 Å². The minimum absolute atomic E-state index is 0.194. The first-order chi connectivity index (χ1) is 11.3. The van der Waals surface area contributed by atoms with Gasteiger partial charge in [0, 0.05) is 5.56 Å². The van der Waals surface area contributed by atoms with Crippen LogP contribution in [0.15, 0.2) is 52.9 Å². The average molecular weight is 304 g/mol. The van der Waals surface area contributed by atoms with E-state index in [1.165, 1.54) is 0 Å². The number of nitriles is 1. The topological polar surface area (TPSA) is 81.4 Å². The van der Waals surface area contributed by atoms with Crippen molar-refractivity contribution in [2.45, 2.75) is 0 Å². The smallest absolute Gasteiger partial charge is 0.231 e. The van der Waals surface area contributed by atoms with Crippen LogP contribution >= 0.6 is 0 Å². The van der Waals surface area contributed by atoms with Gasteiger partial charge in [0.15, 0.2) is 23.1 Å². The summed E-state index contributed by atoms with van der Waals surface area (Å²) in [5.74, 6) is 1.99. The molecule has 2 aromatic carbocycles. The summed E-state index contributed by atoms with van der Waals surface area (Å²) in [5, 5.41) is 9.61. The van der Waals surface area contributed by atoms with Crippen molar-refractivity contribution < 1.29 is 13.9 Å². The van der Waals surface area contributed by atoms with E-state index in [2.05, 4.69) is 6.07 Å². The lowest BCUT2D eigenvalue weighted by atomic mass is 10.00. The Morgan fingerprint density at radius 1 is 0.957 bits per heavy atom. The lowest BCUT2D eigenvalue weighted by molar-refractivity contribution is 0.174. The van der Waals surface area contributed by atoms with E-state index >= 15 is 0 Å². The highest BCUT2D eigenvalue weighted by Crippen LogP contribution is 2.42. The van der Waals surface area contributed by atoms with E-state index in [1.54, 1.807) is 12.1 Å². The molecular weight excluding hydrogens is 292 g/mol. The van der Waals surface area contributed by atoms with Crippen LogP contribution in [-0.2, 0) is 0 Å². The van der Waals surface area contributed by atoms with Crippen LogP contribution in [0.25, 0.3) is 22.5 Å². The normalized spacial score (nSPS) is 12.1. The van der Waals surface area contributed by atoms with Crippen molar-refractivity contribution in [2.75, 3.05) is 12.5 Å². The molecule has 0 atom stereocenters. The van der Waals surface area contributed by atoms with Gasteiger partial charge in [-0.05, 0) is 17.7 Å². The zero-order valence-corrected chi connectivity index (χ0v) is 12.1. The fraction of sp³-hybridized carbons (Fsp3) is 0.0556. The molecule has 4 rings (SSSR count). The second-order valence-electron chi connectivity index (χ2n) is 5.09. The molecule has 3 aromatic rings. The van der Waals surface area contributed by atoms with Crippen LogP contribution in [0.4, 0.5) is 5.88 Å². The van der Waals surface area contributed by atoms with E-state index in [-0.39, 0.29) is 12.7 Å². The van der Waals surface area contributed by atoms with Crippen LogP contribution in [0.5, 0.6) is 11.5 Å². The molecule has 0 saturated carbocycles. The number of benzene rings is 2. The van der Waals surface area contributed by atoms with Crippen LogP contribution in [0, 0.1) is 11.3 Å². The molecule has 5 heteroatoms. The van der Waals surface area contributed by atoms with Gasteiger partial charge in [0.25, 0.3) is 0 Å². The third-order valence-electron chi connectivity index (χ3n) is 3.74. The van der Waals surface area contributed by atoms with Gasteiger partial charge < -0.3 is 19.6 Å². The number of anilines is 1. The van der Waals surface area contributed by atoms with Gasteiger partial charge in [-0.3, -0.25) is 0 Å². The standard InChI is InChI=1S/C18H12N2O3/c19-9-13-16(12-6-7-14-15(8-12)22-10-21-14)18(20)23-17(13)11-4-2-1-3-5-11/h1-8H,10,20H2. The Labute approximate surface area is 132 Å². The Hall–Kier alpha value is -3.39. The number of nitrogen functional groups attached to an aromatic ring is 1. The molecule has 0 spiro atoms. The summed E-state index contributed by atoms with van der Waals surface area (Å²) in [5.41, 5.74) is 8.59. The van der Waals surface area contributed by atoms with Gasteiger partial charge in [-0.25, -0.2) is 0 Å². The van der Waals surface area contributed by atoms with E-state index in [4.69, 9.17) is 19.6 Å². The maximum absolute atomic E-state index is 9.61. The molecule has 2 heterocycles. The zero-order chi connectivity index (χ0) is 15.8. The maximum Gasteiger partial charge on any atom is 0.231 e. The Morgan fingerprint density at radius 3 is 2.52 bits per heavy atom. The summed E-state index contributed by atoms with van der Waals surface area (Å²) in [7, 11) is 0. The molecule has 112 valence electrons. The molecule has 0 fully saturated rings. The van der Waals surface area contributed by atoms with Gasteiger partial charge in [0.2, 0.25) is 6.79 Å². The van der Waals surface area contributed by atoms with Crippen molar-refractivity contribution in [2.24, 2.45) is 0 Å². The molecule has 0 aliphatic carbocycles. The molecule has 0 amide bonds. The van der Waals surface area contributed by atoms with Gasteiger partial charge in [-0.15, -0.1) is 0 Å². The fourth-order valence-corrected chi connectivity index (χ4v) is 2.69. The molecule has 1 aliphatic heterocycles. The molecule has 0 saturated heterocycles. The molecule has 5 nitrogen and oxygen atoms in total. The molecule has 1 aliphatic rings. The number of furan rings is 1. The number of hydrogen-bond acceptors (Lipinski definition) is 5. The first kappa shape index (κ1) is 13.3. The highest BCUT2D eigenvalue weighted by molar-refractivity contribution is 5.87. The van der Waals surface area contributed by atoms with Crippen molar-refractivity contribution >= 4 is 5.88 Å². The van der Waals surface area contributed by atoms with E-state index in [9.17, 15) is 5.26 Å². The maximum atomic E-state index is 9.61. The molecule has 0 radical (unpaired) electrons. The first-order valence-corrected chi connectivity index (χ1v) is 7.05. The monoisotopic (exact) mass is 304 g/mol. The summed E-state index contributed by atoms with van der Waals surface area (Å²) >= 11 is 0. The lowest BCUT2D eigenvalue weighted by Crippen LogP contribution is -1.92. The van der Waals surface area contributed by atoms with Crippen molar-refractivity contribution in [3.63, 3.8) is 0 Å². The first-order valence-electron chi connectivity index (χ1n) is 7.05. The number of hydrogen-bond donors (Lipinski definition) is 1. The quantitative estimate of drug-likeness (QED) is 0.778. The lowest BCUT2D eigenvalue weighted by Gasteiger charge is -2.02. The van der Waals surface area contributed by atoms with Crippen LogP contribution < -0.4 is 15.2 Å².